The Hall–Kier alpha value is -2.08. The van der Waals surface area contributed by atoms with Crippen LogP contribution in [-0.2, 0) is 14.3 Å². The third kappa shape index (κ3) is 5.19. The highest BCUT2D eigenvalue weighted by Crippen LogP contribution is 2.40. The van der Waals surface area contributed by atoms with Gasteiger partial charge in [-0.25, -0.2) is 4.79 Å². The Morgan fingerprint density at radius 2 is 1.92 bits per heavy atom. The molecular formula is C18H23ClN2O4. The van der Waals surface area contributed by atoms with Gasteiger partial charge in [0.1, 0.15) is 0 Å². The van der Waals surface area contributed by atoms with Crippen molar-refractivity contribution in [2.24, 2.45) is 11.8 Å². The lowest BCUT2D eigenvalue weighted by atomic mass is 10.2. The van der Waals surface area contributed by atoms with Gasteiger partial charge in [-0.2, -0.15) is 0 Å². The predicted molar refractivity (Wildman–Crippen MR) is 95.6 cm³/mol. The highest BCUT2D eigenvalue weighted by Gasteiger charge is 2.47. The molecule has 1 fully saturated rings. The number of anilines is 1. The number of halogens is 1. The lowest BCUT2D eigenvalue weighted by Crippen LogP contribution is -2.28. The first-order valence-corrected chi connectivity index (χ1v) is 8.82. The van der Waals surface area contributed by atoms with Gasteiger partial charge < -0.3 is 15.4 Å². The lowest BCUT2D eigenvalue weighted by Gasteiger charge is -2.09. The quantitative estimate of drug-likeness (QED) is 0.547. The van der Waals surface area contributed by atoms with Crippen LogP contribution in [0.1, 0.15) is 43.0 Å². The van der Waals surface area contributed by atoms with Crippen LogP contribution in [-0.4, -0.2) is 31.4 Å². The van der Waals surface area contributed by atoms with Crippen LogP contribution in [0.3, 0.4) is 0 Å². The van der Waals surface area contributed by atoms with Crippen molar-refractivity contribution in [2.75, 3.05) is 19.0 Å². The number of rotatable bonds is 8. The van der Waals surface area contributed by atoms with Gasteiger partial charge in [-0.15, -0.1) is 0 Å². The predicted octanol–water partition coefficient (Wildman–Crippen LogP) is 3.01. The molecule has 1 aromatic rings. The summed E-state index contributed by atoms with van der Waals surface area (Å²) in [5.74, 6) is -1.50. The van der Waals surface area contributed by atoms with Crippen molar-refractivity contribution in [1.82, 2.24) is 5.32 Å². The van der Waals surface area contributed by atoms with E-state index in [0.717, 1.165) is 19.3 Å². The Balaban J connectivity index is 1.89. The molecule has 0 heterocycles. The molecule has 2 N–H and O–H groups in total. The molecule has 136 valence electrons. The van der Waals surface area contributed by atoms with Crippen LogP contribution in [0, 0.1) is 11.8 Å². The van der Waals surface area contributed by atoms with Crippen LogP contribution >= 0.6 is 11.6 Å². The Morgan fingerprint density at radius 3 is 2.60 bits per heavy atom. The molecule has 0 aliphatic heterocycles. The summed E-state index contributed by atoms with van der Waals surface area (Å²) >= 11 is 6.06. The summed E-state index contributed by atoms with van der Waals surface area (Å²) in [5, 5.41) is 5.88. The molecule has 2 atom stereocenters. The number of esters is 1. The first kappa shape index (κ1) is 19.2. The highest BCUT2D eigenvalue weighted by atomic mass is 35.5. The van der Waals surface area contributed by atoms with Gasteiger partial charge >= 0.3 is 5.97 Å². The first-order valence-electron chi connectivity index (χ1n) is 8.44. The number of carbonyl (C=O) groups is 3. The summed E-state index contributed by atoms with van der Waals surface area (Å²) in [7, 11) is 1.28. The molecule has 7 heteroatoms. The lowest BCUT2D eigenvalue weighted by molar-refractivity contribution is -0.125. The first-order chi connectivity index (χ1) is 12.0. The van der Waals surface area contributed by atoms with E-state index in [1.54, 1.807) is 0 Å². The molecular weight excluding hydrogens is 344 g/mol. The van der Waals surface area contributed by atoms with E-state index in [2.05, 4.69) is 22.3 Å². The number of amides is 2. The maximum Gasteiger partial charge on any atom is 0.337 e. The van der Waals surface area contributed by atoms with Crippen molar-refractivity contribution < 1.29 is 19.1 Å². The molecule has 6 nitrogen and oxygen atoms in total. The SMILES string of the molecule is CCCCCNC(=O)C1CC1C(=O)Nc1cc(C(=O)OC)ccc1Cl. The number of hydrogen-bond acceptors (Lipinski definition) is 4. The van der Waals surface area contributed by atoms with Crippen LogP contribution < -0.4 is 10.6 Å². The number of unbranched alkanes of at least 4 members (excludes halogenated alkanes) is 2. The van der Waals surface area contributed by atoms with E-state index >= 15 is 0 Å². The van der Waals surface area contributed by atoms with Crippen molar-refractivity contribution in [3.63, 3.8) is 0 Å². The van der Waals surface area contributed by atoms with E-state index in [1.807, 2.05) is 0 Å². The van der Waals surface area contributed by atoms with Crippen LogP contribution in [0.2, 0.25) is 5.02 Å². The molecule has 25 heavy (non-hydrogen) atoms. The molecule has 0 radical (unpaired) electrons. The van der Waals surface area contributed by atoms with Crippen molar-refractivity contribution in [2.45, 2.75) is 32.6 Å². The van der Waals surface area contributed by atoms with Crippen molar-refractivity contribution >= 4 is 35.1 Å². The van der Waals surface area contributed by atoms with E-state index in [4.69, 9.17) is 11.6 Å². The Morgan fingerprint density at radius 1 is 1.20 bits per heavy atom. The van der Waals surface area contributed by atoms with Crippen molar-refractivity contribution in [3.8, 4) is 0 Å². The number of ether oxygens (including phenoxy) is 1. The van der Waals surface area contributed by atoms with E-state index in [-0.39, 0.29) is 23.7 Å². The molecule has 1 aliphatic rings. The molecule has 0 spiro atoms. The number of carbonyl (C=O) groups excluding carboxylic acids is 3. The fourth-order valence-electron chi connectivity index (χ4n) is 2.58. The summed E-state index contributed by atoms with van der Waals surface area (Å²) in [4.78, 5) is 35.9. The zero-order chi connectivity index (χ0) is 18.4. The maximum absolute atomic E-state index is 12.3. The van der Waals surface area contributed by atoms with Crippen molar-refractivity contribution in [1.29, 1.82) is 0 Å². The minimum absolute atomic E-state index is 0.0781. The van der Waals surface area contributed by atoms with Gasteiger partial charge in [0.2, 0.25) is 11.8 Å². The minimum Gasteiger partial charge on any atom is -0.465 e. The van der Waals surface area contributed by atoms with Gasteiger partial charge in [-0.1, -0.05) is 31.4 Å². The van der Waals surface area contributed by atoms with Gasteiger partial charge in [0, 0.05) is 6.54 Å². The average Bonchev–Trinajstić information content (AvgIpc) is 3.40. The standard InChI is InChI=1S/C18H23ClN2O4/c1-3-4-5-8-20-16(22)12-10-13(12)17(23)21-15-9-11(18(24)25-2)6-7-14(15)19/h6-7,9,12-13H,3-5,8,10H2,1-2H3,(H,20,22)(H,21,23). The number of hydrogen-bond donors (Lipinski definition) is 2. The van der Waals surface area contributed by atoms with Crippen LogP contribution in [0.25, 0.3) is 0 Å². The molecule has 1 saturated carbocycles. The zero-order valence-electron chi connectivity index (χ0n) is 14.4. The third-order valence-corrected chi connectivity index (χ3v) is 4.52. The van der Waals surface area contributed by atoms with Crippen molar-refractivity contribution in [3.05, 3.63) is 28.8 Å². The van der Waals surface area contributed by atoms with E-state index in [9.17, 15) is 14.4 Å². The Bertz CT molecular complexity index is 662. The molecule has 1 aromatic carbocycles. The summed E-state index contributed by atoms with van der Waals surface area (Å²) < 4.78 is 4.65. The Kier molecular flexibility index (Phi) is 6.82. The smallest absolute Gasteiger partial charge is 0.337 e. The van der Waals surface area contributed by atoms with Gasteiger partial charge in [-0.3, -0.25) is 9.59 Å². The van der Waals surface area contributed by atoms with Gasteiger partial charge in [0.15, 0.2) is 0 Å². The fraction of sp³-hybridized carbons (Fsp3) is 0.500. The minimum atomic E-state index is -0.511. The van der Waals surface area contributed by atoms with E-state index in [0.29, 0.717) is 29.2 Å². The maximum atomic E-state index is 12.3. The van der Waals surface area contributed by atoms with Crippen LogP contribution in [0.15, 0.2) is 18.2 Å². The molecule has 2 unspecified atom stereocenters. The number of nitrogens with one attached hydrogen (secondary N) is 2. The number of benzene rings is 1. The van der Waals surface area contributed by atoms with Gasteiger partial charge in [0.05, 0.1) is 35.2 Å². The van der Waals surface area contributed by atoms with Gasteiger partial charge in [0.25, 0.3) is 0 Å². The average molecular weight is 367 g/mol. The fourth-order valence-corrected chi connectivity index (χ4v) is 2.75. The second kappa shape index (κ2) is 8.85. The molecule has 2 amide bonds. The van der Waals surface area contributed by atoms with Gasteiger partial charge in [-0.05, 0) is 31.0 Å². The monoisotopic (exact) mass is 366 g/mol. The number of methoxy groups -OCH3 is 1. The largest absolute Gasteiger partial charge is 0.465 e. The molecule has 0 aromatic heterocycles. The van der Waals surface area contributed by atoms with E-state index < -0.39 is 5.97 Å². The highest BCUT2D eigenvalue weighted by molar-refractivity contribution is 6.34. The third-order valence-electron chi connectivity index (χ3n) is 4.19. The second-order valence-corrected chi connectivity index (χ2v) is 6.53. The van der Waals surface area contributed by atoms with Crippen LogP contribution in [0.4, 0.5) is 5.69 Å². The normalized spacial score (nSPS) is 18.4. The Labute approximate surface area is 152 Å². The summed E-state index contributed by atoms with van der Waals surface area (Å²) in [6, 6.07) is 4.51. The molecule has 0 bridgehead atoms. The van der Waals surface area contributed by atoms with Crippen LogP contribution in [0.5, 0.6) is 0 Å². The topological polar surface area (TPSA) is 84.5 Å². The second-order valence-electron chi connectivity index (χ2n) is 6.12. The molecule has 2 rings (SSSR count). The molecule has 0 saturated heterocycles. The summed E-state index contributed by atoms with van der Waals surface area (Å²) in [5.41, 5.74) is 0.631. The van der Waals surface area contributed by atoms with E-state index in [1.165, 1.54) is 25.3 Å². The molecule has 1 aliphatic carbocycles. The summed E-state index contributed by atoms with van der Waals surface area (Å²) in [6.45, 7) is 2.74. The zero-order valence-corrected chi connectivity index (χ0v) is 15.2. The summed E-state index contributed by atoms with van der Waals surface area (Å²) in [6.07, 6.45) is 3.64.